The number of nitrogens with zero attached hydrogens (tertiary/aromatic N) is 3. The molecule has 19 heavy (non-hydrogen) atoms. The molecule has 2 aromatic rings. The number of nitro benzene ring substituents is 1. The number of hydrogen-bond donors (Lipinski definition) is 2. The molecule has 2 rings (SSSR count). The van der Waals surface area contributed by atoms with Gasteiger partial charge in [0.15, 0.2) is 0 Å². The molecule has 1 heterocycles. The van der Waals surface area contributed by atoms with Crippen LogP contribution < -0.4 is 11.1 Å². The molecule has 0 atom stereocenters. The van der Waals surface area contributed by atoms with Gasteiger partial charge in [0.2, 0.25) is 11.5 Å². The van der Waals surface area contributed by atoms with E-state index < -0.39 is 10.8 Å². The van der Waals surface area contributed by atoms with E-state index in [2.05, 4.69) is 20.3 Å². The van der Waals surface area contributed by atoms with Crippen LogP contribution in [0.2, 0.25) is 0 Å². The Morgan fingerprint density at radius 2 is 2.16 bits per heavy atom. The third-order valence-corrected chi connectivity index (χ3v) is 2.36. The third kappa shape index (κ3) is 2.65. The van der Waals surface area contributed by atoms with Gasteiger partial charge < -0.3 is 11.1 Å². The van der Waals surface area contributed by atoms with E-state index in [1.807, 2.05) is 0 Å². The van der Waals surface area contributed by atoms with Crippen LogP contribution >= 0.6 is 0 Å². The van der Waals surface area contributed by atoms with Gasteiger partial charge in [0, 0.05) is 18.2 Å². The summed E-state index contributed by atoms with van der Waals surface area (Å²) in [6.45, 7) is -0.0255. The van der Waals surface area contributed by atoms with Crippen molar-refractivity contribution in [1.82, 2.24) is 15.6 Å². The first-order chi connectivity index (χ1) is 9.09. The Bertz CT molecular complexity index is 624. The van der Waals surface area contributed by atoms with E-state index in [4.69, 9.17) is 5.73 Å². The summed E-state index contributed by atoms with van der Waals surface area (Å²) in [4.78, 5) is 21.9. The Balaban J connectivity index is 2.10. The first-order valence-electron chi connectivity index (χ1n) is 5.18. The van der Waals surface area contributed by atoms with Gasteiger partial charge >= 0.3 is 0 Å². The normalized spacial score (nSPS) is 10.1. The van der Waals surface area contributed by atoms with Gasteiger partial charge in [-0.05, 0) is 10.3 Å². The molecule has 9 nitrogen and oxygen atoms in total. The van der Waals surface area contributed by atoms with E-state index in [0.717, 1.165) is 0 Å². The van der Waals surface area contributed by atoms with Crippen molar-refractivity contribution in [3.8, 4) is 0 Å². The molecule has 1 aromatic heterocycles. The van der Waals surface area contributed by atoms with Gasteiger partial charge in [0.05, 0.1) is 4.92 Å². The van der Waals surface area contributed by atoms with E-state index in [1.54, 1.807) is 18.2 Å². The molecule has 3 N–H and O–H groups in total. The maximum Gasteiger partial charge on any atom is 0.277 e. The molecule has 1 aromatic carbocycles. The number of hydrogen-bond acceptors (Lipinski definition) is 7. The number of nitrogen functional groups attached to an aromatic ring is 1. The van der Waals surface area contributed by atoms with Crippen molar-refractivity contribution in [3.63, 3.8) is 0 Å². The molecule has 0 radical (unpaired) electrons. The molecule has 98 valence electrons. The minimum absolute atomic E-state index is 0.0255. The average Bonchev–Trinajstić information content (AvgIpc) is 2.82. The van der Waals surface area contributed by atoms with Gasteiger partial charge in [-0.2, -0.15) is 0 Å². The Kier molecular flexibility index (Phi) is 3.37. The highest BCUT2D eigenvalue weighted by molar-refractivity contribution is 5.95. The molecular weight excluding hydrogens is 254 g/mol. The zero-order chi connectivity index (χ0) is 13.8. The van der Waals surface area contributed by atoms with Gasteiger partial charge in [0.25, 0.3) is 11.6 Å². The van der Waals surface area contributed by atoms with Crippen molar-refractivity contribution in [2.24, 2.45) is 0 Å². The Morgan fingerprint density at radius 1 is 1.42 bits per heavy atom. The number of aromatic nitrogens is 2. The van der Waals surface area contributed by atoms with Crippen LogP contribution in [0, 0.1) is 10.1 Å². The number of benzene rings is 1. The second-order valence-corrected chi connectivity index (χ2v) is 3.57. The van der Waals surface area contributed by atoms with Crippen LogP contribution in [0.25, 0.3) is 0 Å². The summed E-state index contributed by atoms with van der Waals surface area (Å²) < 4.78 is 4.29. The molecule has 0 saturated heterocycles. The van der Waals surface area contributed by atoms with Crippen LogP contribution in [0.4, 0.5) is 11.5 Å². The predicted molar refractivity (Wildman–Crippen MR) is 63.0 cm³/mol. The topological polar surface area (TPSA) is 137 Å². The molecule has 0 unspecified atom stereocenters. The second kappa shape index (κ2) is 5.12. The zero-order valence-electron chi connectivity index (χ0n) is 9.57. The first kappa shape index (κ1) is 12.5. The molecule has 0 saturated carbocycles. The van der Waals surface area contributed by atoms with Crippen molar-refractivity contribution in [1.29, 1.82) is 0 Å². The molecule has 0 aliphatic heterocycles. The van der Waals surface area contributed by atoms with Crippen LogP contribution in [-0.2, 0) is 6.54 Å². The predicted octanol–water partition coefficient (Wildman–Crippen LogP) is 0.490. The van der Waals surface area contributed by atoms with Gasteiger partial charge in [-0.25, -0.2) is 4.63 Å². The quantitative estimate of drug-likeness (QED) is 0.604. The fourth-order valence-electron chi connectivity index (χ4n) is 1.45. The Morgan fingerprint density at radius 3 is 2.79 bits per heavy atom. The average molecular weight is 263 g/mol. The number of nitro groups is 1. The first-order valence-corrected chi connectivity index (χ1v) is 5.18. The third-order valence-electron chi connectivity index (χ3n) is 2.36. The maximum absolute atomic E-state index is 11.7. The fraction of sp³-hybridized carbons (Fsp3) is 0.100. The van der Waals surface area contributed by atoms with Gasteiger partial charge in [0.1, 0.15) is 0 Å². The van der Waals surface area contributed by atoms with E-state index in [9.17, 15) is 14.9 Å². The van der Waals surface area contributed by atoms with Gasteiger partial charge in [-0.3, -0.25) is 14.9 Å². The van der Waals surface area contributed by atoms with Crippen LogP contribution in [0.3, 0.4) is 0 Å². The monoisotopic (exact) mass is 263 g/mol. The zero-order valence-corrected chi connectivity index (χ0v) is 9.57. The van der Waals surface area contributed by atoms with E-state index in [-0.39, 0.29) is 23.7 Å². The number of para-hydroxylation sites is 1. The molecule has 0 fully saturated rings. The van der Waals surface area contributed by atoms with Crippen LogP contribution in [0.1, 0.15) is 16.1 Å². The standard InChI is InChI=1S/C10H9N5O4/c11-9-8(13-19-14-9)10(16)12-5-6-3-1-2-4-7(6)15(17)18/h1-4H,5H2,(H2,11,14)(H,12,16). The molecule has 9 heteroatoms. The lowest BCUT2D eigenvalue weighted by atomic mass is 10.2. The summed E-state index contributed by atoms with van der Waals surface area (Å²) in [5.41, 5.74) is 5.49. The summed E-state index contributed by atoms with van der Waals surface area (Å²) in [7, 11) is 0. The molecule has 0 spiro atoms. The van der Waals surface area contributed by atoms with Crippen molar-refractivity contribution >= 4 is 17.4 Å². The Labute approximate surface area is 106 Å². The summed E-state index contributed by atoms with van der Waals surface area (Å²) in [5.74, 6) is -0.753. The highest BCUT2D eigenvalue weighted by Crippen LogP contribution is 2.17. The van der Waals surface area contributed by atoms with Crippen molar-refractivity contribution in [2.45, 2.75) is 6.54 Å². The number of nitrogens with one attached hydrogen (secondary N) is 1. The van der Waals surface area contributed by atoms with Crippen LogP contribution in [0.15, 0.2) is 28.9 Å². The highest BCUT2D eigenvalue weighted by Gasteiger charge is 2.17. The summed E-state index contributed by atoms with van der Waals surface area (Å²) in [5, 5.41) is 19.8. The van der Waals surface area contributed by atoms with Crippen LogP contribution in [-0.4, -0.2) is 21.1 Å². The summed E-state index contributed by atoms with van der Waals surface area (Å²) in [6.07, 6.45) is 0. The minimum Gasteiger partial charge on any atom is -0.379 e. The second-order valence-electron chi connectivity index (χ2n) is 3.57. The SMILES string of the molecule is Nc1nonc1C(=O)NCc1ccccc1[N+](=O)[O-]. The summed E-state index contributed by atoms with van der Waals surface area (Å²) in [6, 6.07) is 6.08. The number of nitrogens with two attached hydrogens (primary N) is 1. The lowest BCUT2D eigenvalue weighted by Gasteiger charge is -2.04. The van der Waals surface area contributed by atoms with Crippen molar-refractivity contribution < 1.29 is 14.3 Å². The number of amides is 1. The van der Waals surface area contributed by atoms with Crippen molar-refractivity contribution in [2.75, 3.05) is 5.73 Å². The number of carbonyl (C=O) groups is 1. The van der Waals surface area contributed by atoms with Crippen LogP contribution in [0.5, 0.6) is 0 Å². The molecular formula is C10H9N5O4. The number of carbonyl (C=O) groups excluding carboxylic acids is 1. The van der Waals surface area contributed by atoms with E-state index in [0.29, 0.717) is 5.56 Å². The van der Waals surface area contributed by atoms with Gasteiger partial charge in [-0.1, -0.05) is 18.2 Å². The lowest BCUT2D eigenvalue weighted by molar-refractivity contribution is -0.385. The van der Waals surface area contributed by atoms with Gasteiger partial charge in [-0.15, -0.1) is 0 Å². The minimum atomic E-state index is -0.614. The molecule has 0 bridgehead atoms. The van der Waals surface area contributed by atoms with E-state index in [1.165, 1.54) is 6.07 Å². The summed E-state index contributed by atoms with van der Waals surface area (Å²) >= 11 is 0. The molecule has 0 aliphatic rings. The van der Waals surface area contributed by atoms with Crippen molar-refractivity contribution in [3.05, 3.63) is 45.6 Å². The Hall–Kier alpha value is -2.97. The lowest BCUT2D eigenvalue weighted by Crippen LogP contribution is -2.24. The fourth-order valence-corrected chi connectivity index (χ4v) is 1.45. The number of anilines is 1. The van der Waals surface area contributed by atoms with E-state index >= 15 is 0 Å². The highest BCUT2D eigenvalue weighted by atomic mass is 16.6. The number of rotatable bonds is 4. The molecule has 0 aliphatic carbocycles. The smallest absolute Gasteiger partial charge is 0.277 e. The maximum atomic E-state index is 11.7. The largest absolute Gasteiger partial charge is 0.379 e. The molecule has 1 amide bonds.